The second-order valence-electron chi connectivity index (χ2n) is 7.28. The standard InChI is InChI=1S/C25H21FN2O3/c1-15-6-4-9-21(16(15)2)27-23-22(17-10-12-20(31-3)13-11-17)24(29)28(25(23)30)19-8-5-7-18(26)14-19/h4-14,27H,1-3H3. The SMILES string of the molecule is COc1ccc(C2=C(Nc3cccc(C)c3C)C(=O)N(c3cccc(F)c3)C2=O)cc1. The van der Waals surface area contributed by atoms with Gasteiger partial charge >= 0.3 is 0 Å². The number of aryl methyl sites for hydroxylation is 1. The third kappa shape index (κ3) is 3.68. The second-order valence-corrected chi connectivity index (χ2v) is 7.28. The van der Waals surface area contributed by atoms with Gasteiger partial charge in [-0.15, -0.1) is 0 Å². The van der Waals surface area contributed by atoms with E-state index in [1.165, 1.54) is 24.3 Å². The van der Waals surface area contributed by atoms with Crippen molar-refractivity contribution in [2.45, 2.75) is 13.8 Å². The van der Waals surface area contributed by atoms with Crippen LogP contribution in [0.1, 0.15) is 16.7 Å². The quantitative estimate of drug-likeness (QED) is 0.604. The van der Waals surface area contributed by atoms with Crippen molar-refractivity contribution in [1.29, 1.82) is 0 Å². The van der Waals surface area contributed by atoms with Crippen LogP contribution in [0.15, 0.2) is 72.4 Å². The lowest BCUT2D eigenvalue weighted by molar-refractivity contribution is -0.120. The maximum absolute atomic E-state index is 13.8. The molecule has 0 bridgehead atoms. The fourth-order valence-corrected chi connectivity index (χ4v) is 3.54. The van der Waals surface area contributed by atoms with Gasteiger partial charge in [0.2, 0.25) is 0 Å². The smallest absolute Gasteiger partial charge is 0.282 e. The van der Waals surface area contributed by atoms with E-state index in [0.717, 1.165) is 21.7 Å². The van der Waals surface area contributed by atoms with Gasteiger partial charge in [-0.3, -0.25) is 9.59 Å². The fraction of sp³-hybridized carbons (Fsp3) is 0.120. The minimum Gasteiger partial charge on any atom is -0.497 e. The molecule has 0 fully saturated rings. The van der Waals surface area contributed by atoms with Gasteiger partial charge in [-0.25, -0.2) is 9.29 Å². The summed E-state index contributed by atoms with van der Waals surface area (Å²) < 4.78 is 19.0. The molecule has 3 aromatic rings. The highest BCUT2D eigenvalue weighted by Crippen LogP contribution is 2.35. The van der Waals surface area contributed by atoms with Crippen LogP contribution in [0.2, 0.25) is 0 Å². The first kappa shape index (κ1) is 20.3. The van der Waals surface area contributed by atoms with Crippen LogP contribution in [0.3, 0.4) is 0 Å². The summed E-state index contributed by atoms with van der Waals surface area (Å²) >= 11 is 0. The molecule has 0 aromatic heterocycles. The van der Waals surface area contributed by atoms with E-state index < -0.39 is 17.6 Å². The predicted molar refractivity (Wildman–Crippen MR) is 118 cm³/mol. The van der Waals surface area contributed by atoms with Crippen LogP contribution in [0.25, 0.3) is 5.57 Å². The van der Waals surface area contributed by atoms with Crippen molar-refractivity contribution in [1.82, 2.24) is 0 Å². The van der Waals surface area contributed by atoms with Gasteiger partial charge in [0, 0.05) is 5.69 Å². The van der Waals surface area contributed by atoms with Crippen LogP contribution >= 0.6 is 0 Å². The van der Waals surface area contributed by atoms with Crippen molar-refractivity contribution in [2.75, 3.05) is 17.3 Å². The lowest BCUT2D eigenvalue weighted by Crippen LogP contribution is -2.32. The Morgan fingerprint density at radius 3 is 2.29 bits per heavy atom. The Labute approximate surface area is 179 Å². The summed E-state index contributed by atoms with van der Waals surface area (Å²) in [7, 11) is 1.55. The number of halogens is 1. The van der Waals surface area contributed by atoms with Crippen LogP contribution in [0.4, 0.5) is 15.8 Å². The summed E-state index contributed by atoms with van der Waals surface area (Å²) in [6.07, 6.45) is 0. The minimum absolute atomic E-state index is 0.146. The lowest BCUT2D eigenvalue weighted by Gasteiger charge is -2.16. The molecular formula is C25H21FN2O3. The molecule has 0 spiro atoms. The van der Waals surface area contributed by atoms with Crippen LogP contribution in [0.5, 0.6) is 5.75 Å². The molecule has 3 aromatic carbocycles. The molecule has 1 aliphatic heterocycles. The van der Waals surface area contributed by atoms with E-state index in [2.05, 4.69) is 5.32 Å². The Hall–Kier alpha value is -3.93. The molecule has 156 valence electrons. The second kappa shape index (κ2) is 8.07. The first-order valence-corrected chi connectivity index (χ1v) is 9.77. The third-order valence-corrected chi connectivity index (χ3v) is 5.39. The fourth-order valence-electron chi connectivity index (χ4n) is 3.54. The van der Waals surface area contributed by atoms with E-state index in [0.29, 0.717) is 11.3 Å². The molecule has 0 saturated heterocycles. The predicted octanol–water partition coefficient (Wildman–Crippen LogP) is 4.85. The summed E-state index contributed by atoms with van der Waals surface area (Å²) in [5, 5.41) is 3.16. The number of hydrogen-bond donors (Lipinski definition) is 1. The molecule has 2 amide bonds. The van der Waals surface area contributed by atoms with Gasteiger partial charge in [-0.2, -0.15) is 0 Å². The molecule has 0 unspecified atom stereocenters. The number of nitrogens with one attached hydrogen (secondary N) is 1. The van der Waals surface area contributed by atoms with Gasteiger partial charge in [0.05, 0.1) is 18.4 Å². The maximum Gasteiger partial charge on any atom is 0.282 e. The Balaban J connectivity index is 1.85. The third-order valence-electron chi connectivity index (χ3n) is 5.39. The highest BCUT2D eigenvalue weighted by atomic mass is 19.1. The first-order chi connectivity index (χ1) is 14.9. The molecule has 6 heteroatoms. The molecule has 1 aliphatic rings. The lowest BCUT2D eigenvalue weighted by atomic mass is 10.0. The van der Waals surface area contributed by atoms with Crippen LogP contribution in [-0.2, 0) is 9.59 Å². The average Bonchev–Trinajstić information content (AvgIpc) is 3.01. The van der Waals surface area contributed by atoms with E-state index in [1.54, 1.807) is 31.4 Å². The molecule has 4 rings (SSSR count). The Bertz CT molecular complexity index is 1220. The van der Waals surface area contributed by atoms with Gasteiger partial charge in [0.15, 0.2) is 0 Å². The number of imide groups is 1. The number of carbonyl (C=O) groups excluding carboxylic acids is 2. The Morgan fingerprint density at radius 2 is 1.61 bits per heavy atom. The Kier molecular flexibility index (Phi) is 5.29. The average molecular weight is 416 g/mol. The van der Waals surface area contributed by atoms with E-state index in [9.17, 15) is 14.0 Å². The number of methoxy groups -OCH3 is 1. The van der Waals surface area contributed by atoms with E-state index in [4.69, 9.17) is 4.74 Å². The topological polar surface area (TPSA) is 58.6 Å². The monoisotopic (exact) mass is 416 g/mol. The van der Waals surface area contributed by atoms with Crippen LogP contribution in [0, 0.1) is 19.7 Å². The normalized spacial score (nSPS) is 13.7. The van der Waals surface area contributed by atoms with Crippen molar-refractivity contribution in [3.8, 4) is 5.75 Å². The summed E-state index contributed by atoms with van der Waals surface area (Å²) in [5.74, 6) is -0.955. The number of nitrogens with zero attached hydrogens (tertiary/aromatic N) is 1. The van der Waals surface area contributed by atoms with Crippen molar-refractivity contribution in [3.05, 3.63) is 94.9 Å². The number of carbonyl (C=O) groups is 2. The summed E-state index contributed by atoms with van der Waals surface area (Å²) in [6.45, 7) is 3.91. The summed E-state index contributed by atoms with van der Waals surface area (Å²) in [4.78, 5) is 27.8. The molecule has 0 aliphatic carbocycles. The number of amides is 2. The molecular weight excluding hydrogens is 395 g/mol. The summed E-state index contributed by atoms with van der Waals surface area (Å²) in [5.41, 5.74) is 3.85. The number of anilines is 2. The molecule has 0 radical (unpaired) electrons. The molecule has 1 heterocycles. The van der Waals surface area contributed by atoms with Gasteiger partial charge < -0.3 is 10.1 Å². The Morgan fingerprint density at radius 1 is 0.903 bits per heavy atom. The van der Waals surface area contributed by atoms with Crippen molar-refractivity contribution < 1.29 is 18.7 Å². The zero-order chi connectivity index (χ0) is 22.1. The van der Waals surface area contributed by atoms with Gasteiger partial charge in [0.1, 0.15) is 17.3 Å². The van der Waals surface area contributed by atoms with Gasteiger partial charge in [-0.05, 0) is 66.9 Å². The van der Waals surface area contributed by atoms with E-state index >= 15 is 0 Å². The van der Waals surface area contributed by atoms with Crippen LogP contribution in [-0.4, -0.2) is 18.9 Å². The first-order valence-electron chi connectivity index (χ1n) is 9.77. The van der Waals surface area contributed by atoms with Crippen molar-refractivity contribution >= 4 is 28.8 Å². The zero-order valence-corrected chi connectivity index (χ0v) is 17.4. The van der Waals surface area contributed by atoms with Gasteiger partial charge in [0.25, 0.3) is 11.8 Å². The number of hydrogen-bond acceptors (Lipinski definition) is 4. The van der Waals surface area contributed by atoms with Gasteiger partial charge in [-0.1, -0.05) is 30.3 Å². The summed E-state index contributed by atoms with van der Waals surface area (Å²) in [6, 6.07) is 18.0. The molecule has 31 heavy (non-hydrogen) atoms. The molecule has 0 saturated carbocycles. The number of benzene rings is 3. The van der Waals surface area contributed by atoms with E-state index in [-0.39, 0.29) is 17.0 Å². The van der Waals surface area contributed by atoms with Crippen molar-refractivity contribution in [2.24, 2.45) is 0 Å². The largest absolute Gasteiger partial charge is 0.497 e. The number of rotatable bonds is 5. The maximum atomic E-state index is 13.8. The number of ether oxygens (including phenoxy) is 1. The molecule has 0 atom stereocenters. The highest BCUT2D eigenvalue weighted by Gasteiger charge is 2.40. The highest BCUT2D eigenvalue weighted by molar-refractivity contribution is 6.46. The van der Waals surface area contributed by atoms with Crippen LogP contribution < -0.4 is 15.0 Å². The molecule has 5 nitrogen and oxygen atoms in total. The molecule has 1 N–H and O–H groups in total. The van der Waals surface area contributed by atoms with Crippen molar-refractivity contribution in [3.63, 3.8) is 0 Å². The van der Waals surface area contributed by atoms with E-state index in [1.807, 2.05) is 32.0 Å². The zero-order valence-electron chi connectivity index (χ0n) is 17.4. The minimum atomic E-state index is -0.540.